The summed E-state index contributed by atoms with van der Waals surface area (Å²) < 4.78 is 11.0. The van der Waals surface area contributed by atoms with E-state index in [1.807, 2.05) is 31.3 Å². The van der Waals surface area contributed by atoms with E-state index in [1.165, 1.54) is 0 Å². The molecule has 1 fully saturated rings. The minimum atomic E-state index is -0.308. The van der Waals surface area contributed by atoms with Crippen molar-refractivity contribution >= 4 is 0 Å². The standard InChI is InChI=1S/C15H23NO3/c1-16-15(10-17,13-6-7-13)11-19-14-5-3-4-12(8-14)9-18-2/h3-5,8,13,16-17H,6-7,9-11H2,1-2H3. The average Bonchev–Trinajstić information content (AvgIpc) is 3.27. The first kappa shape index (κ1) is 14.3. The highest BCUT2D eigenvalue weighted by molar-refractivity contribution is 5.28. The van der Waals surface area contributed by atoms with Crippen molar-refractivity contribution in [1.82, 2.24) is 5.32 Å². The molecule has 1 unspecified atom stereocenters. The van der Waals surface area contributed by atoms with Crippen LogP contribution in [-0.2, 0) is 11.3 Å². The van der Waals surface area contributed by atoms with Crippen molar-refractivity contribution in [3.05, 3.63) is 29.8 Å². The van der Waals surface area contributed by atoms with Crippen LogP contribution in [0.15, 0.2) is 24.3 Å². The fraction of sp³-hybridized carbons (Fsp3) is 0.600. The highest BCUT2D eigenvalue weighted by Gasteiger charge is 2.44. The number of hydrogen-bond acceptors (Lipinski definition) is 4. The number of ether oxygens (including phenoxy) is 2. The average molecular weight is 265 g/mol. The molecular formula is C15H23NO3. The van der Waals surface area contributed by atoms with Crippen LogP contribution in [0.25, 0.3) is 0 Å². The van der Waals surface area contributed by atoms with Gasteiger partial charge in [-0.05, 0) is 43.5 Å². The fourth-order valence-electron chi connectivity index (χ4n) is 2.39. The summed E-state index contributed by atoms with van der Waals surface area (Å²) in [6.07, 6.45) is 2.32. The Hall–Kier alpha value is -1.10. The molecule has 1 aromatic rings. The molecular weight excluding hydrogens is 242 g/mol. The monoisotopic (exact) mass is 265 g/mol. The van der Waals surface area contributed by atoms with Gasteiger partial charge in [0.25, 0.3) is 0 Å². The molecule has 0 bridgehead atoms. The predicted molar refractivity (Wildman–Crippen MR) is 74.3 cm³/mol. The van der Waals surface area contributed by atoms with Gasteiger partial charge in [-0.25, -0.2) is 0 Å². The van der Waals surface area contributed by atoms with Gasteiger partial charge in [-0.1, -0.05) is 12.1 Å². The van der Waals surface area contributed by atoms with Crippen LogP contribution in [0.5, 0.6) is 5.75 Å². The molecule has 0 spiro atoms. The van der Waals surface area contributed by atoms with Crippen molar-refractivity contribution in [2.75, 3.05) is 27.4 Å². The lowest BCUT2D eigenvalue weighted by Gasteiger charge is -2.31. The Labute approximate surface area is 114 Å². The van der Waals surface area contributed by atoms with Gasteiger partial charge >= 0.3 is 0 Å². The quantitative estimate of drug-likeness (QED) is 0.749. The molecule has 1 aromatic carbocycles. The van der Waals surface area contributed by atoms with Crippen molar-refractivity contribution in [3.63, 3.8) is 0 Å². The molecule has 4 heteroatoms. The maximum Gasteiger partial charge on any atom is 0.119 e. The van der Waals surface area contributed by atoms with E-state index in [-0.39, 0.29) is 12.1 Å². The summed E-state index contributed by atoms with van der Waals surface area (Å²) in [5.41, 5.74) is 0.780. The van der Waals surface area contributed by atoms with Gasteiger partial charge in [0.2, 0.25) is 0 Å². The topological polar surface area (TPSA) is 50.7 Å². The second-order valence-corrected chi connectivity index (χ2v) is 5.21. The number of rotatable bonds is 8. The van der Waals surface area contributed by atoms with Crippen molar-refractivity contribution < 1.29 is 14.6 Å². The van der Waals surface area contributed by atoms with E-state index in [2.05, 4.69) is 5.32 Å². The molecule has 1 atom stereocenters. The summed E-state index contributed by atoms with van der Waals surface area (Å²) in [6, 6.07) is 7.88. The molecule has 19 heavy (non-hydrogen) atoms. The van der Waals surface area contributed by atoms with Gasteiger partial charge < -0.3 is 19.9 Å². The van der Waals surface area contributed by atoms with Gasteiger partial charge in [0.1, 0.15) is 12.4 Å². The molecule has 0 saturated heterocycles. The highest BCUT2D eigenvalue weighted by Crippen LogP contribution is 2.39. The molecule has 1 aliphatic carbocycles. The minimum Gasteiger partial charge on any atom is -0.492 e. The van der Waals surface area contributed by atoms with Crippen molar-refractivity contribution in [2.24, 2.45) is 5.92 Å². The van der Waals surface area contributed by atoms with Crippen LogP contribution in [0, 0.1) is 5.92 Å². The lowest BCUT2D eigenvalue weighted by molar-refractivity contribution is 0.0913. The van der Waals surface area contributed by atoms with Gasteiger partial charge in [0.05, 0.1) is 18.8 Å². The third-order valence-corrected chi connectivity index (χ3v) is 3.84. The van der Waals surface area contributed by atoms with Crippen LogP contribution in [0.3, 0.4) is 0 Å². The number of likely N-dealkylation sites (N-methyl/N-ethyl adjacent to an activating group) is 1. The first-order chi connectivity index (χ1) is 9.24. The molecule has 2 rings (SSSR count). The Bertz CT molecular complexity index is 400. The van der Waals surface area contributed by atoms with Gasteiger partial charge in [-0.3, -0.25) is 0 Å². The summed E-state index contributed by atoms with van der Waals surface area (Å²) in [5, 5.41) is 12.9. The molecule has 0 aliphatic heterocycles. The molecule has 2 N–H and O–H groups in total. The number of benzene rings is 1. The normalized spacial score (nSPS) is 18.1. The van der Waals surface area contributed by atoms with E-state index in [4.69, 9.17) is 9.47 Å². The summed E-state index contributed by atoms with van der Waals surface area (Å²) in [7, 11) is 3.57. The second-order valence-electron chi connectivity index (χ2n) is 5.21. The number of hydrogen-bond donors (Lipinski definition) is 2. The van der Waals surface area contributed by atoms with Gasteiger partial charge in [-0.2, -0.15) is 0 Å². The Morgan fingerprint density at radius 1 is 1.42 bits per heavy atom. The molecule has 106 valence electrons. The van der Waals surface area contributed by atoms with Crippen LogP contribution < -0.4 is 10.1 Å². The minimum absolute atomic E-state index is 0.103. The first-order valence-corrected chi connectivity index (χ1v) is 6.74. The van der Waals surface area contributed by atoms with E-state index in [9.17, 15) is 5.11 Å². The van der Waals surface area contributed by atoms with Gasteiger partial charge in [-0.15, -0.1) is 0 Å². The summed E-state index contributed by atoms with van der Waals surface area (Å²) in [6.45, 7) is 1.17. The van der Waals surface area contributed by atoms with E-state index < -0.39 is 0 Å². The lowest BCUT2D eigenvalue weighted by Crippen LogP contribution is -2.53. The zero-order valence-corrected chi connectivity index (χ0v) is 11.7. The molecule has 0 heterocycles. The molecule has 0 radical (unpaired) electrons. The molecule has 0 aromatic heterocycles. The van der Waals surface area contributed by atoms with E-state index in [1.54, 1.807) is 7.11 Å². The number of methoxy groups -OCH3 is 1. The molecule has 1 aliphatic rings. The fourth-order valence-corrected chi connectivity index (χ4v) is 2.39. The van der Waals surface area contributed by atoms with Crippen LogP contribution in [0.4, 0.5) is 0 Å². The Morgan fingerprint density at radius 3 is 2.79 bits per heavy atom. The number of nitrogens with one attached hydrogen (secondary N) is 1. The maximum atomic E-state index is 9.64. The van der Waals surface area contributed by atoms with Crippen LogP contribution >= 0.6 is 0 Å². The molecule has 0 amide bonds. The highest BCUT2D eigenvalue weighted by atomic mass is 16.5. The van der Waals surface area contributed by atoms with E-state index >= 15 is 0 Å². The third-order valence-electron chi connectivity index (χ3n) is 3.84. The van der Waals surface area contributed by atoms with E-state index in [0.29, 0.717) is 19.1 Å². The van der Waals surface area contributed by atoms with Crippen LogP contribution in [-0.4, -0.2) is 38.0 Å². The SMILES string of the molecule is CNC(CO)(COc1cccc(COC)c1)C1CC1. The second kappa shape index (κ2) is 6.37. The van der Waals surface area contributed by atoms with Gasteiger partial charge in [0.15, 0.2) is 0 Å². The molecule has 1 saturated carbocycles. The third kappa shape index (κ3) is 3.47. The van der Waals surface area contributed by atoms with Crippen molar-refractivity contribution in [3.8, 4) is 5.75 Å². The zero-order valence-electron chi connectivity index (χ0n) is 11.7. The number of aliphatic hydroxyl groups excluding tert-OH is 1. The lowest BCUT2D eigenvalue weighted by atomic mass is 9.95. The largest absolute Gasteiger partial charge is 0.492 e. The van der Waals surface area contributed by atoms with Crippen molar-refractivity contribution in [2.45, 2.75) is 25.0 Å². The zero-order chi connectivity index (χ0) is 13.7. The smallest absolute Gasteiger partial charge is 0.119 e. The first-order valence-electron chi connectivity index (χ1n) is 6.74. The Kier molecular flexibility index (Phi) is 4.80. The Balaban J connectivity index is 1.98. The van der Waals surface area contributed by atoms with E-state index in [0.717, 1.165) is 24.2 Å². The van der Waals surface area contributed by atoms with Crippen molar-refractivity contribution in [1.29, 1.82) is 0 Å². The Morgan fingerprint density at radius 2 is 2.21 bits per heavy atom. The molecule has 4 nitrogen and oxygen atoms in total. The summed E-state index contributed by atoms with van der Waals surface area (Å²) in [4.78, 5) is 0. The number of aliphatic hydroxyl groups is 1. The predicted octanol–water partition coefficient (Wildman–Crippen LogP) is 1.57. The maximum absolute atomic E-state index is 9.64. The van der Waals surface area contributed by atoms with Crippen LogP contribution in [0.2, 0.25) is 0 Å². The summed E-state index contributed by atoms with van der Waals surface area (Å²) in [5.74, 6) is 1.34. The van der Waals surface area contributed by atoms with Crippen LogP contribution in [0.1, 0.15) is 18.4 Å². The summed E-state index contributed by atoms with van der Waals surface area (Å²) >= 11 is 0. The van der Waals surface area contributed by atoms with Gasteiger partial charge in [0, 0.05) is 7.11 Å².